The fourth-order valence-electron chi connectivity index (χ4n) is 2.58. The van der Waals surface area contributed by atoms with Crippen molar-refractivity contribution in [3.63, 3.8) is 0 Å². The maximum Gasteiger partial charge on any atom is 0.338 e. The number of hydrogen-bond acceptors (Lipinski definition) is 4. The Balaban J connectivity index is 1.98. The van der Waals surface area contributed by atoms with Crippen molar-refractivity contribution < 1.29 is 14.3 Å². The zero-order valence-electron chi connectivity index (χ0n) is 15.0. The van der Waals surface area contributed by atoms with Crippen LogP contribution in [-0.2, 0) is 17.8 Å². The molecule has 2 amide bonds. The molecule has 0 saturated carbocycles. The van der Waals surface area contributed by atoms with Gasteiger partial charge in [0.2, 0.25) is 0 Å². The number of aromatic nitrogens is 2. The van der Waals surface area contributed by atoms with Crippen molar-refractivity contribution in [2.45, 2.75) is 40.8 Å². The highest BCUT2D eigenvalue weighted by Crippen LogP contribution is 2.14. The Hall–Kier alpha value is -2.83. The summed E-state index contributed by atoms with van der Waals surface area (Å²) in [5.74, 6) is -0.412. The van der Waals surface area contributed by atoms with E-state index in [1.54, 1.807) is 31.2 Å². The summed E-state index contributed by atoms with van der Waals surface area (Å²) in [4.78, 5) is 23.9. The van der Waals surface area contributed by atoms with Gasteiger partial charge in [-0.05, 0) is 45.9 Å². The smallest absolute Gasteiger partial charge is 0.338 e. The van der Waals surface area contributed by atoms with E-state index in [-0.39, 0.29) is 6.03 Å². The molecule has 0 radical (unpaired) electrons. The van der Waals surface area contributed by atoms with Crippen LogP contribution in [0.1, 0.15) is 41.2 Å². The van der Waals surface area contributed by atoms with Gasteiger partial charge in [-0.2, -0.15) is 5.10 Å². The molecule has 0 aliphatic carbocycles. The second kappa shape index (κ2) is 8.32. The number of nitrogens with one attached hydrogen (secondary N) is 2. The Morgan fingerprint density at radius 1 is 1.24 bits per heavy atom. The molecule has 25 heavy (non-hydrogen) atoms. The third-order valence-electron chi connectivity index (χ3n) is 3.89. The van der Waals surface area contributed by atoms with E-state index >= 15 is 0 Å². The van der Waals surface area contributed by atoms with Gasteiger partial charge in [-0.15, -0.1) is 0 Å². The first-order valence-electron chi connectivity index (χ1n) is 8.31. The predicted molar refractivity (Wildman–Crippen MR) is 95.6 cm³/mol. The molecule has 0 unspecified atom stereocenters. The molecule has 1 heterocycles. The van der Waals surface area contributed by atoms with E-state index in [1.807, 2.05) is 25.5 Å². The summed E-state index contributed by atoms with van der Waals surface area (Å²) < 4.78 is 6.87. The lowest BCUT2D eigenvalue weighted by atomic mass is 10.2. The monoisotopic (exact) mass is 344 g/mol. The average molecular weight is 344 g/mol. The fourth-order valence-corrected chi connectivity index (χ4v) is 2.58. The lowest BCUT2D eigenvalue weighted by Gasteiger charge is -2.09. The number of nitrogens with zero attached hydrogens (tertiary/aromatic N) is 2. The molecule has 0 aliphatic rings. The minimum absolute atomic E-state index is 0.307. The van der Waals surface area contributed by atoms with Crippen LogP contribution >= 0.6 is 0 Å². The topological polar surface area (TPSA) is 85.2 Å². The molecule has 0 bridgehead atoms. The van der Waals surface area contributed by atoms with Gasteiger partial charge < -0.3 is 15.4 Å². The first-order chi connectivity index (χ1) is 12.0. The summed E-state index contributed by atoms with van der Waals surface area (Å²) in [7, 11) is 0. The lowest BCUT2D eigenvalue weighted by molar-refractivity contribution is 0.0526. The maximum atomic E-state index is 12.1. The van der Waals surface area contributed by atoms with Gasteiger partial charge in [0, 0.05) is 30.0 Å². The summed E-state index contributed by atoms with van der Waals surface area (Å²) in [6.45, 7) is 9.18. The van der Waals surface area contributed by atoms with Crippen LogP contribution < -0.4 is 10.6 Å². The second-order valence-corrected chi connectivity index (χ2v) is 5.57. The van der Waals surface area contributed by atoms with Crippen LogP contribution in [0.3, 0.4) is 0 Å². The average Bonchev–Trinajstić information content (AvgIpc) is 2.87. The summed E-state index contributed by atoms with van der Waals surface area (Å²) in [6.07, 6.45) is 0. The van der Waals surface area contributed by atoms with Crippen molar-refractivity contribution in [3.05, 3.63) is 46.8 Å². The standard InChI is InChI=1S/C18H24N4O3/c1-5-22-13(4)16(12(3)21-22)11-19-18(24)20-15-9-7-8-14(10-15)17(23)25-6-2/h7-10H,5-6,11H2,1-4H3,(H2,19,20,24). The van der Waals surface area contributed by atoms with Gasteiger partial charge >= 0.3 is 12.0 Å². The van der Waals surface area contributed by atoms with Gasteiger partial charge in [0.05, 0.1) is 17.9 Å². The van der Waals surface area contributed by atoms with Gasteiger partial charge in [0.1, 0.15) is 0 Å². The van der Waals surface area contributed by atoms with Crippen LogP contribution in [0.15, 0.2) is 24.3 Å². The molecule has 0 fully saturated rings. The van der Waals surface area contributed by atoms with Crippen molar-refractivity contribution in [1.82, 2.24) is 15.1 Å². The van der Waals surface area contributed by atoms with Crippen LogP contribution in [0, 0.1) is 13.8 Å². The minimum Gasteiger partial charge on any atom is -0.462 e. The zero-order valence-corrected chi connectivity index (χ0v) is 15.0. The lowest BCUT2D eigenvalue weighted by Crippen LogP contribution is -2.28. The minimum atomic E-state index is -0.412. The highest BCUT2D eigenvalue weighted by atomic mass is 16.5. The number of rotatable bonds is 6. The molecule has 2 N–H and O–H groups in total. The van der Waals surface area contributed by atoms with Crippen LogP contribution in [0.25, 0.3) is 0 Å². The van der Waals surface area contributed by atoms with Crippen LogP contribution in [0.4, 0.5) is 10.5 Å². The van der Waals surface area contributed by atoms with E-state index in [0.717, 1.165) is 23.5 Å². The predicted octanol–water partition coefficient (Wildman–Crippen LogP) is 3.02. The number of carbonyl (C=O) groups excluding carboxylic acids is 2. The molecule has 1 aromatic carbocycles. The molecule has 7 nitrogen and oxygen atoms in total. The quantitative estimate of drug-likeness (QED) is 0.789. The van der Waals surface area contributed by atoms with Crippen molar-refractivity contribution in [2.24, 2.45) is 0 Å². The molecular formula is C18H24N4O3. The molecule has 1 aromatic heterocycles. The van der Waals surface area contributed by atoms with Crippen LogP contribution in [-0.4, -0.2) is 28.4 Å². The summed E-state index contributed by atoms with van der Waals surface area (Å²) >= 11 is 0. The zero-order chi connectivity index (χ0) is 18.4. The number of benzene rings is 1. The molecule has 0 spiro atoms. The Morgan fingerprint density at radius 2 is 2.00 bits per heavy atom. The SMILES string of the molecule is CCOC(=O)c1cccc(NC(=O)NCc2c(C)nn(CC)c2C)c1. The molecular weight excluding hydrogens is 320 g/mol. The van der Waals surface area contributed by atoms with Gasteiger partial charge in [-0.25, -0.2) is 9.59 Å². The van der Waals surface area contributed by atoms with Crippen LogP contribution in [0.5, 0.6) is 0 Å². The van der Waals surface area contributed by atoms with Crippen molar-refractivity contribution >= 4 is 17.7 Å². The Labute approximate surface area is 147 Å². The number of carbonyl (C=O) groups is 2. The number of anilines is 1. The first-order valence-corrected chi connectivity index (χ1v) is 8.31. The van der Waals surface area contributed by atoms with E-state index in [0.29, 0.717) is 24.4 Å². The molecule has 7 heteroatoms. The molecule has 0 atom stereocenters. The van der Waals surface area contributed by atoms with E-state index < -0.39 is 5.97 Å². The number of hydrogen-bond donors (Lipinski definition) is 2. The second-order valence-electron chi connectivity index (χ2n) is 5.57. The summed E-state index contributed by atoms with van der Waals surface area (Å²) in [5.41, 5.74) is 3.89. The Morgan fingerprint density at radius 3 is 2.64 bits per heavy atom. The Kier molecular flexibility index (Phi) is 6.16. The summed E-state index contributed by atoms with van der Waals surface area (Å²) in [5, 5.41) is 9.98. The maximum absolute atomic E-state index is 12.1. The number of ether oxygens (including phenoxy) is 1. The summed E-state index contributed by atoms with van der Waals surface area (Å²) in [6, 6.07) is 6.30. The highest BCUT2D eigenvalue weighted by Gasteiger charge is 2.12. The third-order valence-corrected chi connectivity index (χ3v) is 3.89. The molecule has 0 saturated heterocycles. The van der Waals surface area contributed by atoms with E-state index in [2.05, 4.69) is 15.7 Å². The molecule has 134 valence electrons. The van der Waals surface area contributed by atoms with Gasteiger partial charge in [0.15, 0.2) is 0 Å². The van der Waals surface area contributed by atoms with E-state index in [1.165, 1.54) is 0 Å². The molecule has 2 aromatic rings. The van der Waals surface area contributed by atoms with Crippen molar-refractivity contribution in [3.8, 4) is 0 Å². The molecule has 2 rings (SSSR count). The Bertz CT molecular complexity index is 768. The van der Waals surface area contributed by atoms with Crippen molar-refractivity contribution in [1.29, 1.82) is 0 Å². The van der Waals surface area contributed by atoms with Crippen molar-refractivity contribution in [2.75, 3.05) is 11.9 Å². The van der Waals surface area contributed by atoms with Crippen LogP contribution in [0.2, 0.25) is 0 Å². The van der Waals surface area contributed by atoms with E-state index in [4.69, 9.17) is 4.74 Å². The third kappa shape index (κ3) is 4.59. The van der Waals surface area contributed by atoms with Gasteiger partial charge in [-0.1, -0.05) is 6.07 Å². The van der Waals surface area contributed by atoms with E-state index in [9.17, 15) is 9.59 Å². The number of aryl methyl sites for hydroxylation is 2. The normalized spacial score (nSPS) is 10.4. The first kappa shape index (κ1) is 18.5. The number of esters is 1. The number of amides is 2. The van der Waals surface area contributed by atoms with Gasteiger partial charge in [0.25, 0.3) is 0 Å². The highest BCUT2D eigenvalue weighted by molar-refractivity contribution is 5.93. The largest absolute Gasteiger partial charge is 0.462 e. The fraction of sp³-hybridized carbons (Fsp3) is 0.389. The van der Waals surface area contributed by atoms with Gasteiger partial charge in [-0.3, -0.25) is 4.68 Å². The number of urea groups is 1. The molecule has 0 aliphatic heterocycles.